The minimum Gasteiger partial charge on any atom is -0.469 e. The van der Waals surface area contributed by atoms with Crippen LogP contribution in [0.2, 0.25) is 0 Å². The third kappa shape index (κ3) is 6.49. The molecule has 1 rings (SSSR count). The number of hydrogen-bond donors (Lipinski definition) is 0. The highest BCUT2D eigenvalue weighted by molar-refractivity contribution is 6.02. The molecule has 28 heavy (non-hydrogen) atoms. The van der Waals surface area contributed by atoms with E-state index in [9.17, 15) is 14.9 Å². The monoisotopic (exact) mass is 389 g/mol. The molecule has 0 N–H and O–H groups in total. The van der Waals surface area contributed by atoms with Crippen LogP contribution in [0.3, 0.4) is 0 Å². The molecule has 0 spiro atoms. The molecule has 0 aliphatic carbocycles. The number of non-ortho nitro benzene ring substituents is 1. The summed E-state index contributed by atoms with van der Waals surface area (Å²) in [5, 5.41) is 10.7. The molecule has 0 heterocycles. The number of nitrogens with zero attached hydrogens (tertiary/aromatic N) is 5. The normalized spacial score (nSPS) is 12.6. The van der Waals surface area contributed by atoms with Gasteiger partial charge < -0.3 is 14.5 Å². The summed E-state index contributed by atoms with van der Waals surface area (Å²) in [4.78, 5) is 34.7. The number of methoxy groups -OCH3 is 1. The van der Waals surface area contributed by atoms with Crippen molar-refractivity contribution in [3.05, 3.63) is 51.3 Å². The van der Waals surface area contributed by atoms with Crippen LogP contribution in [0.25, 0.3) is 0 Å². The summed E-state index contributed by atoms with van der Waals surface area (Å²) in [5.74, 6) is 0.825. The van der Waals surface area contributed by atoms with Gasteiger partial charge in [-0.2, -0.15) is 0 Å². The highest BCUT2D eigenvalue weighted by Crippen LogP contribution is 2.18. The number of benzene rings is 1. The Bertz CT molecular complexity index is 780. The molecule has 0 atom stereocenters. The summed E-state index contributed by atoms with van der Waals surface area (Å²) < 4.78 is 4.82. The number of nitro groups is 1. The van der Waals surface area contributed by atoms with E-state index in [1.807, 2.05) is 33.1 Å². The second-order valence-electron chi connectivity index (χ2n) is 6.33. The first-order chi connectivity index (χ1) is 13.2. The van der Waals surface area contributed by atoms with Crippen molar-refractivity contribution in [2.75, 3.05) is 42.3 Å². The maximum absolute atomic E-state index is 11.9. The number of esters is 1. The fourth-order valence-corrected chi connectivity index (χ4v) is 2.53. The smallest absolute Gasteiger partial charge is 0.310 e. The molecule has 1 aromatic rings. The molecule has 0 aliphatic heterocycles. The van der Waals surface area contributed by atoms with E-state index in [1.165, 1.54) is 19.2 Å². The first-order valence-electron chi connectivity index (χ1n) is 8.58. The van der Waals surface area contributed by atoms with Crippen LogP contribution in [0.4, 0.5) is 5.69 Å². The van der Waals surface area contributed by atoms with Crippen molar-refractivity contribution in [2.45, 2.75) is 12.8 Å². The van der Waals surface area contributed by atoms with E-state index in [0.29, 0.717) is 23.7 Å². The molecule has 0 fully saturated rings. The fourth-order valence-electron chi connectivity index (χ4n) is 2.53. The largest absolute Gasteiger partial charge is 0.469 e. The minimum atomic E-state index is -0.434. The molecule has 9 heteroatoms. The van der Waals surface area contributed by atoms with Gasteiger partial charge in [0.1, 0.15) is 11.7 Å². The van der Waals surface area contributed by atoms with Crippen LogP contribution >= 0.6 is 0 Å². The van der Waals surface area contributed by atoms with E-state index >= 15 is 0 Å². The van der Waals surface area contributed by atoms with Crippen molar-refractivity contribution < 1.29 is 14.5 Å². The number of carbonyl (C=O) groups is 1. The van der Waals surface area contributed by atoms with Crippen LogP contribution in [0.5, 0.6) is 0 Å². The van der Waals surface area contributed by atoms with E-state index in [4.69, 9.17) is 4.74 Å². The number of hydrogen-bond acceptors (Lipinski definition) is 7. The number of likely N-dealkylation sites (N-methyl/N-ethyl adjacent to an activating group) is 1. The Kier molecular flexibility index (Phi) is 8.80. The predicted molar refractivity (Wildman–Crippen MR) is 110 cm³/mol. The molecular formula is C19H27N5O4. The first kappa shape index (κ1) is 22.8. The number of rotatable bonds is 8. The summed E-state index contributed by atoms with van der Waals surface area (Å²) in [5.41, 5.74) is 1.58. The molecule has 0 aliphatic rings. The third-order valence-corrected chi connectivity index (χ3v) is 3.84. The van der Waals surface area contributed by atoms with E-state index < -0.39 is 4.92 Å². The van der Waals surface area contributed by atoms with Gasteiger partial charge in [-0.05, 0) is 5.56 Å². The van der Waals surface area contributed by atoms with Gasteiger partial charge in [0.25, 0.3) is 5.69 Å². The Morgan fingerprint density at radius 3 is 2.21 bits per heavy atom. The predicted octanol–water partition coefficient (Wildman–Crippen LogP) is 2.13. The van der Waals surface area contributed by atoms with Gasteiger partial charge in [0.05, 0.1) is 18.5 Å². The fraction of sp³-hybridized carbons (Fsp3) is 0.421. The molecule has 0 amide bonds. The summed E-state index contributed by atoms with van der Waals surface area (Å²) >= 11 is 0. The van der Waals surface area contributed by atoms with Crippen molar-refractivity contribution in [1.82, 2.24) is 9.80 Å². The number of amidine groups is 1. The third-order valence-electron chi connectivity index (χ3n) is 3.84. The standard InChI is InChI=1S/C19H27N5O4/c1-20-18(22(2)3)16(13-17(25)28-6)19(23(4)5)21-12-11-14-7-9-15(10-8-14)24(26)27/h7-10,12H,11,13H2,1-6H3/b19-16+,20-18+,21-12+. The lowest BCUT2D eigenvalue weighted by Gasteiger charge is -2.23. The quantitative estimate of drug-likeness (QED) is 0.222. The molecule has 1 aromatic carbocycles. The molecule has 0 saturated heterocycles. The summed E-state index contributed by atoms with van der Waals surface area (Å²) in [7, 11) is 10.3. The topological polar surface area (TPSA) is 101 Å². The number of ether oxygens (including phenoxy) is 1. The van der Waals surface area contributed by atoms with Crippen LogP contribution in [0, 0.1) is 10.1 Å². The summed E-state index contributed by atoms with van der Waals surface area (Å²) in [6.45, 7) is 0. The van der Waals surface area contributed by atoms with Crippen molar-refractivity contribution in [3.8, 4) is 0 Å². The van der Waals surface area contributed by atoms with Crippen LogP contribution in [0.15, 0.2) is 45.6 Å². The lowest BCUT2D eigenvalue weighted by molar-refractivity contribution is -0.384. The molecule has 0 unspecified atom stereocenters. The molecule has 9 nitrogen and oxygen atoms in total. The maximum Gasteiger partial charge on any atom is 0.310 e. The first-order valence-corrected chi connectivity index (χ1v) is 8.58. The van der Waals surface area contributed by atoms with Crippen LogP contribution in [-0.4, -0.2) is 75.1 Å². The maximum atomic E-state index is 11.9. The lowest BCUT2D eigenvalue weighted by atomic mass is 10.1. The van der Waals surface area contributed by atoms with Crippen molar-refractivity contribution in [1.29, 1.82) is 0 Å². The minimum absolute atomic E-state index is 0.0315. The van der Waals surface area contributed by atoms with Crippen molar-refractivity contribution >= 4 is 23.7 Å². The number of nitro benzene ring substituents is 1. The Labute approximate surface area is 165 Å². The van der Waals surface area contributed by atoms with Gasteiger partial charge in [0, 0.05) is 65.6 Å². The molecule has 0 radical (unpaired) electrons. The Hall–Kier alpha value is -3.23. The average Bonchev–Trinajstić information content (AvgIpc) is 2.64. The van der Waals surface area contributed by atoms with Crippen molar-refractivity contribution in [3.63, 3.8) is 0 Å². The zero-order valence-corrected chi connectivity index (χ0v) is 17.2. The zero-order chi connectivity index (χ0) is 21.3. The molecule has 0 aromatic heterocycles. The zero-order valence-electron chi connectivity index (χ0n) is 17.2. The van der Waals surface area contributed by atoms with Gasteiger partial charge in [-0.15, -0.1) is 0 Å². The highest BCUT2D eigenvalue weighted by Gasteiger charge is 2.20. The van der Waals surface area contributed by atoms with Gasteiger partial charge in [-0.3, -0.25) is 19.9 Å². The Morgan fingerprint density at radius 2 is 1.79 bits per heavy atom. The van der Waals surface area contributed by atoms with Crippen LogP contribution in [0.1, 0.15) is 12.0 Å². The van der Waals surface area contributed by atoms with Gasteiger partial charge in [0.15, 0.2) is 0 Å². The molecule has 0 bridgehead atoms. The van der Waals surface area contributed by atoms with E-state index in [-0.39, 0.29) is 18.1 Å². The average molecular weight is 389 g/mol. The second kappa shape index (κ2) is 10.8. The highest BCUT2D eigenvalue weighted by atomic mass is 16.6. The van der Waals surface area contributed by atoms with Crippen LogP contribution in [-0.2, 0) is 16.0 Å². The van der Waals surface area contributed by atoms with E-state index in [2.05, 4.69) is 9.98 Å². The van der Waals surface area contributed by atoms with Crippen LogP contribution < -0.4 is 0 Å². The Balaban J connectivity index is 3.21. The SMILES string of the molecule is C\N=C(/C(CC(=O)OC)=C(\N=C\Cc1ccc([N+](=O)[O-])cc1)N(C)C)N(C)C. The number of aliphatic imine (C=N–C) groups is 2. The lowest BCUT2D eigenvalue weighted by Crippen LogP contribution is -2.29. The van der Waals surface area contributed by atoms with E-state index in [1.54, 1.807) is 30.3 Å². The molecule has 152 valence electrons. The van der Waals surface area contributed by atoms with Crippen molar-refractivity contribution in [2.24, 2.45) is 9.98 Å². The number of carbonyl (C=O) groups excluding carboxylic acids is 1. The van der Waals surface area contributed by atoms with Gasteiger partial charge in [-0.1, -0.05) is 12.1 Å². The Morgan fingerprint density at radius 1 is 1.18 bits per heavy atom. The summed E-state index contributed by atoms with van der Waals surface area (Å²) in [6, 6.07) is 6.31. The summed E-state index contributed by atoms with van der Waals surface area (Å²) in [6.07, 6.45) is 2.22. The van der Waals surface area contributed by atoms with E-state index in [0.717, 1.165) is 5.56 Å². The second-order valence-corrected chi connectivity index (χ2v) is 6.33. The van der Waals surface area contributed by atoms with Gasteiger partial charge in [-0.25, -0.2) is 4.99 Å². The molecular weight excluding hydrogens is 362 g/mol. The van der Waals surface area contributed by atoms with Gasteiger partial charge >= 0.3 is 5.97 Å². The molecule has 0 saturated carbocycles. The van der Waals surface area contributed by atoms with Gasteiger partial charge in [0.2, 0.25) is 0 Å².